The van der Waals surface area contributed by atoms with Crippen LogP contribution in [0.1, 0.15) is 38.7 Å². The number of nitrogens with two attached hydrogens (primary N) is 1. The molecule has 112 valence electrons. The first-order chi connectivity index (χ1) is 9.60. The third-order valence-electron chi connectivity index (χ3n) is 4.23. The number of nitrogens with zero attached hydrogens (tertiary/aromatic N) is 1. The second-order valence-electron chi connectivity index (χ2n) is 6.15. The summed E-state index contributed by atoms with van der Waals surface area (Å²) in [7, 11) is 0. The van der Waals surface area contributed by atoms with Crippen molar-refractivity contribution >= 4 is 0 Å². The molecule has 2 rings (SSSR count). The lowest BCUT2D eigenvalue weighted by molar-refractivity contribution is -0.0806. The summed E-state index contributed by atoms with van der Waals surface area (Å²) in [4.78, 5) is 2.51. The Hall–Kier alpha value is -0.900. The zero-order valence-corrected chi connectivity index (χ0v) is 13.0. The van der Waals surface area contributed by atoms with Crippen molar-refractivity contribution in [3.05, 3.63) is 35.9 Å². The maximum absolute atomic E-state index is 6.04. The fourth-order valence-electron chi connectivity index (χ4n) is 3.24. The molecule has 1 aliphatic rings. The van der Waals surface area contributed by atoms with Crippen LogP contribution in [-0.4, -0.2) is 42.8 Å². The number of benzene rings is 1. The molecule has 0 saturated carbocycles. The third-order valence-corrected chi connectivity index (χ3v) is 4.23. The van der Waals surface area contributed by atoms with E-state index in [1.807, 2.05) is 0 Å². The van der Waals surface area contributed by atoms with Crippen LogP contribution in [0.25, 0.3) is 0 Å². The van der Waals surface area contributed by atoms with Crippen LogP contribution in [0.4, 0.5) is 0 Å². The van der Waals surface area contributed by atoms with Gasteiger partial charge in [0.1, 0.15) is 0 Å². The van der Waals surface area contributed by atoms with E-state index in [1.165, 1.54) is 5.56 Å². The van der Waals surface area contributed by atoms with Gasteiger partial charge in [0, 0.05) is 25.7 Å². The van der Waals surface area contributed by atoms with E-state index in [-0.39, 0.29) is 0 Å². The molecule has 1 aliphatic heterocycles. The summed E-state index contributed by atoms with van der Waals surface area (Å²) in [6.45, 7) is 9.30. The lowest BCUT2D eigenvalue weighted by Crippen LogP contribution is -2.52. The molecule has 1 saturated heterocycles. The van der Waals surface area contributed by atoms with Crippen molar-refractivity contribution in [2.24, 2.45) is 5.73 Å². The fraction of sp³-hybridized carbons (Fsp3) is 0.647. The lowest BCUT2D eigenvalue weighted by Gasteiger charge is -2.40. The lowest BCUT2D eigenvalue weighted by atomic mass is 9.92. The van der Waals surface area contributed by atoms with Crippen molar-refractivity contribution in [2.45, 2.75) is 51.4 Å². The van der Waals surface area contributed by atoms with Crippen molar-refractivity contribution in [3.8, 4) is 0 Å². The Balaban J connectivity index is 1.98. The Morgan fingerprint density at radius 1 is 1.20 bits per heavy atom. The van der Waals surface area contributed by atoms with Gasteiger partial charge in [0.2, 0.25) is 0 Å². The van der Waals surface area contributed by atoms with Crippen LogP contribution in [0.3, 0.4) is 0 Å². The Kier molecular flexibility index (Phi) is 5.58. The molecule has 3 nitrogen and oxygen atoms in total. The number of hydrogen-bond acceptors (Lipinski definition) is 3. The summed E-state index contributed by atoms with van der Waals surface area (Å²) in [6.07, 6.45) is 1.72. The number of hydrogen-bond donors (Lipinski definition) is 1. The predicted molar refractivity (Wildman–Crippen MR) is 83.9 cm³/mol. The third kappa shape index (κ3) is 4.05. The summed E-state index contributed by atoms with van der Waals surface area (Å²) in [5.74, 6) is 0.540. The zero-order valence-electron chi connectivity index (χ0n) is 13.0. The maximum Gasteiger partial charge on any atom is 0.0678 e. The highest BCUT2D eigenvalue weighted by Gasteiger charge is 2.28. The Morgan fingerprint density at radius 3 is 2.35 bits per heavy atom. The van der Waals surface area contributed by atoms with Gasteiger partial charge in [-0.25, -0.2) is 0 Å². The van der Waals surface area contributed by atoms with Crippen molar-refractivity contribution in [3.63, 3.8) is 0 Å². The van der Waals surface area contributed by atoms with Crippen LogP contribution in [0.5, 0.6) is 0 Å². The van der Waals surface area contributed by atoms with E-state index in [0.717, 1.165) is 26.1 Å². The van der Waals surface area contributed by atoms with E-state index < -0.39 is 0 Å². The Bertz CT molecular complexity index is 385. The molecule has 1 aromatic rings. The van der Waals surface area contributed by atoms with E-state index >= 15 is 0 Å². The van der Waals surface area contributed by atoms with Crippen molar-refractivity contribution in [1.29, 1.82) is 0 Å². The van der Waals surface area contributed by atoms with Gasteiger partial charge in [-0.15, -0.1) is 0 Å². The molecule has 4 atom stereocenters. The van der Waals surface area contributed by atoms with Crippen molar-refractivity contribution in [2.75, 3.05) is 19.6 Å². The highest BCUT2D eigenvalue weighted by Crippen LogP contribution is 2.24. The van der Waals surface area contributed by atoms with Gasteiger partial charge >= 0.3 is 0 Å². The molecule has 2 unspecified atom stereocenters. The van der Waals surface area contributed by atoms with E-state index in [9.17, 15) is 0 Å². The molecule has 20 heavy (non-hydrogen) atoms. The van der Waals surface area contributed by atoms with Crippen LogP contribution >= 0.6 is 0 Å². The standard InChI is InChI=1S/C17H28N2O/c1-13(16-7-5-4-6-8-16)9-17(10-18)19-11-14(2)20-15(3)12-19/h4-8,13-15,17H,9-12,18H2,1-3H3/t13?,14-,15+,17?. The predicted octanol–water partition coefficient (Wildman–Crippen LogP) is 2.62. The van der Waals surface area contributed by atoms with Crippen molar-refractivity contribution < 1.29 is 4.74 Å². The van der Waals surface area contributed by atoms with Crippen molar-refractivity contribution in [1.82, 2.24) is 4.90 Å². The van der Waals surface area contributed by atoms with Gasteiger partial charge < -0.3 is 10.5 Å². The first-order valence-corrected chi connectivity index (χ1v) is 7.74. The van der Waals surface area contributed by atoms with E-state index in [1.54, 1.807) is 0 Å². The first kappa shape index (κ1) is 15.5. The van der Waals surface area contributed by atoms with Gasteiger partial charge in [0.25, 0.3) is 0 Å². The summed E-state index contributed by atoms with van der Waals surface area (Å²) in [5.41, 5.74) is 7.44. The molecule has 0 spiro atoms. The molecule has 1 aromatic carbocycles. The summed E-state index contributed by atoms with van der Waals surface area (Å²) >= 11 is 0. The fourth-order valence-corrected chi connectivity index (χ4v) is 3.24. The van der Waals surface area contributed by atoms with E-state index in [4.69, 9.17) is 10.5 Å². The molecule has 0 aliphatic carbocycles. The molecule has 0 radical (unpaired) electrons. The quantitative estimate of drug-likeness (QED) is 0.898. The average Bonchev–Trinajstić information content (AvgIpc) is 2.44. The smallest absolute Gasteiger partial charge is 0.0678 e. The summed E-state index contributed by atoms with van der Waals surface area (Å²) in [5, 5.41) is 0. The molecular formula is C17H28N2O. The number of morpholine rings is 1. The zero-order chi connectivity index (χ0) is 14.5. The van der Waals surface area contributed by atoms with Gasteiger partial charge in [0.15, 0.2) is 0 Å². The SMILES string of the molecule is CC(CC(CN)N1C[C@@H](C)O[C@@H](C)C1)c1ccccc1. The van der Waals surface area contributed by atoms with Gasteiger partial charge in [0.05, 0.1) is 12.2 Å². The van der Waals surface area contributed by atoms with Crippen LogP contribution in [-0.2, 0) is 4.74 Å². The molecule has 1 fully saturated rings. The molecule has 2 N–H and O–H groups in total. The average molecular weight is 276 g/mol. The highest BCUT2D eigenvalue weighted by molar-refractivity contribution is 5.19. The topological polar surface area (TPSA) is 38.5 Å². The second-order valence-corrected chi connectivity index (χ2v) is 6.15. The number of rotatable bonds is 5. The van der Waals surface area contributed by atoms with Gasteiger partial charge in [-0.05, 0) is 31.7 Å². The van der Waals surface area contributed by atoms with Crippen LogP contribution < -0.4 is 5.73 Å². The van der Waals surface area contributed by atoms with Gasteiger partial charge in [-0.2, -0.15) is 0 Å². The van der Waals surface area contributed by atoms with Crippen LogP contribution in [0.2, 0.25) is 0 Å². The Labute approximate surface area is 123 Å². The van der Waals surface area contributed by atoms with Gasteiger partial charge in [-0.1, -0.05) is 37.3 Å². The summed E-state index contributed by atoms with van der Waals surface area (Å²) < 4.78 is 5.82. The molecule has 0 bridgehead atoms. The molecule has 0 amide bonds. The highest BCUT2D eigenvalue weighted by atomic mass is 16.5. The largest absolute Gasteiger partial charge is 0.373 e. The van der Waals surface area contributed by atoms with Gasteiger partial charge in [-0.3, -0.25) is 4.90 Å². The van der Waals surface area contributed by atoms with E-state index in [0.29, 0.717) is 24.2 Å². The molecular weight excluding hydrogens is 248 g/mol. The molecule has 3 heteroatoms. The Morgan fingerprint density at radius 2 is 1.80 bits per heavy atom. The van der Waals surface area contributed by atoms with E-state index in [2.05, 4.69) is 56.0 Å². The van der Waals surface area contributed by atoms with Crippen LogP contribution in [0.15, 0.2) is 30.3 Å². The minimum absolute atomic E-state index is 0.305. The molecule has 1 heterocycles. The normalized spacial score (nSPS) is 27.2. The maximum atomic E-state index is 6.04. The second kappa shape index (κ2) is 7.21. The number of ether oxygens (including phenoxy) is 1. The monoisotopic (exact) mass is 276 g/mol. The minimum atomic E-state index is 0.305. The molecule has 0 aromatic heterocycles. The minimum Gasteiger partial charge on any atom is -0.373 e. The van der Waals surface area contributed by atoms with Crippen LogP contribution in [0, 0.1) is 0 Å². The summed E-state index contributed by atoms with van der Waals surface area (Å²) in [6, 6.07) is 11.2. The first-order valence-electron chi connectivity index (χ1n) is 7.74.